The summed E-state index contributed by atoms with van der Waals surface area (Å²) < 4.78 is 26.3. The fourth-order valence-corrected chi connectivity index (χ4v) is 7.34. The van der Waals surface area contributed by atoms with Gasteiger partial charge in [0.05, 0.1) is 5.75 Å². The summed E-state index contributed by atoms with van der Waals surface area (Å²) in [5, 5.41) is 5.83. The van der Waals surface area contributed by atoms with Crippen LogP contribution in [0.2, 0.25) is 0 Å². The lowest BCUT2D eigenvalue weighted by atomic mass is 9.49. The van der Waals surface area contributed by atoms with Gasteiger partial charge in [0.15, 0.2) is 0 Å². The van der Waals surface area contributed by atoms with Crippen molar-refractivity contribution in [3.63, 3.8) is 0 Å². The summed E-state index contributed by atoms with van der Waals surface area (Å²) in [5.41, 5.74) is 1.03. The van der Waals surface area contributed by atoms with Gasteiger partial charge in [-0.3, -0.25) is 9.59 Å². The third kappa shape index (κ3) is 5.41. The predicted molar refractivity (Wildman–Crippen MR) is 124 cm³/mol. The van der Waals surface area contributed by atoms with Crippen molar-refractivity contribution in [1.82, 2.24) is 10.0 Å². The third-order valence-corrected chi connectivity index (χ3v) is 8.52. The third-order valence-electron chi connectivity index (χ3n) is 7.20. The van der Waals surface area contributed by atoms with Crippen LogP contribution in [0.5, 0.6) is 0 Å². The van der Waals surface area contributed by atoms with Gasteiger partial charge in [-0.25, -0.2) is 13.1 Å². The van der Waals surface area contributed by atoms with Crippen LogP contribution in [0.3, 0.4) is 0 Å². The lowest BCUT2D eigenvalue weighted by molar-refractivity contribution is -0.146. The Morgan fingerprint density at radius 2 is 1.62 bits per heavy atom. The Morgan fingerprint density at radius 1 is 1.03 bits per heavy atom. The molecule has 8 heteroatoms. The van der Waals surface area contributed by atoms with Crippen LogP contribution in [0.1, 0.15) is 50.5 Å². The molecule has 0 radical (unpaired) electrons. The number of carbonyl (C=O) groups is 2. The Kier molecular flexibility index (Phi) is 6.72. The van der Waals surface area contributed by atoms with E-state index in [0.717, 1.165) is 19.3 Å². The number of amides is 2. The van der Waals surface area contributed by atoms with Gasteiger partial charge >= 0.3 is 0 Å². The molecule has 0 aliphatic heterocycles. The van der Waals surface area contributed by atoms with Crippen molar-refractivity contribution in [2.45, 2.75) is 50.7 Å². The minimum absolute atomic E-state index is 0.134. The predicted octanol–water partition coefficient (Wildman–Crippen LogP) is 2.95. The van der Waals surface area contributed by atoms with E-state index >= 15 is 0 Å². The zero-order chi connectivity index (χ0) is 22.8. The van der Waals surface area contributed by atoms with Crippen LogP contribution in [0.15, 0.2) is 36.9 Å². The highest BCUT2D eigenvalue weighted by molar-refractivity contribution is 7.88. The Bertz CT molecular complexity index is 936. The molecule has 3 N–H and O–H groups in total. The average Bonchev–Trinajstić information content (AvgIpc) is 2.72. The monoisotopic (exact) mass is 459 g/mol. The molecule has 0 unspecified atom stereocenters. The number of hydrogen-bond acceptors (Lipinski definition) is 4. The van der Waals surface area contributed by atoms with Crippen molar-refractivity contribution in [1.29, 1.82) is 0 Å². The van der Waals surface area contributed by atoms with Gasteiger partial charge < -0.3 is 10.6 Å². The summed E-state index contributed by atoms with van der Waals surface area (Å²) in [4.78, 5) is 25.2. The minimum Gasteiger partial charge on any atom is -0.355 e. The van der Waals surface area contributed by atoms with E-state index in [1.807, 2.05) is 0 Å². The molecule has 0 spiro atoms. The van der Waals surface area contributed by atoms with Crippen molar-refractivity contribution in [2.24, 2.45) is 23.2 Å². The van der Waals surface area contributed by atoms with Crippen LogP contribution in [0.4, 0.5) is 5.69 Å². The van der Waals surface area contributed by atoms with Crippen LogP contribution >= 0.6 is 0 Å². The molecule has 0 atom stereocenters. The second kappa shape index (κ2) is 9.35. The lowest BCUT2D eigenvalue weighted by Gasteiger charge is -2.55. The fourth-order valence-electron chi connectivity index (χ4n) is 6.23. The van der Waals surface area contributed by atoms with Gasteiger partial charge in [0.2, 0.25) is 21.8 Å². The highest BCUT2D eigenvalue weighted by atomic mass is 32.2. The zero-order valence-corrected chi connectivity index (χ0v) is 19.3. The maximum atomic E-state index is 13.0. The number of carbonyl (C=O) groups excluding carboxylic acids is 2. The molecule has 0 heterocycles. The molecule has 0 saturated heterocycles. The summed E-state index contributed by atoms with van der Waals surface area (Å²) in [6.07, 6.45) is 8.63. The first kappa shape index (κ1) is 23.0. The molecule has 4 saturated carbocycles. The Labute approximate surface area is 190 Å². The van der Waals surface area contributed by atoms with E-state index < -0.39 is 10.0 Å². The van der Waals surface area contributed by atoms with Gasteiger partial charge in [0, 0.05) is 30.6 Å². The second-order valence-corrected chi connectivity index (χ2v) is 11.7. The van der Waals surface area contributed by atoms with E-state index in [0.29, 0.717) is 35.5 Å². The normalized spacial score (nSPS) is 28.3. The van der Waals surface area contributed by atoms with Gasteiger partial charge in [0.1, 0.15) is 0 Å². The number of nitrogens with one attached hydrogen (secondary N) is 3. The maximum absolute atomic E-state index is 13.0. The first-order valence-corrected chi connectivity index (χ1v) is 13.2. The van der Waals surface area contributed by atoms with Gasteiger partial charge in [-0.15, -0.1) is 6.58 Å². The first-order valence-electron chi connectivity index (χ1n) is 11.5. The first-order chi connectivity index (χ1) is 15.3. The lowest BCUT2D eigenvalue weighted by Crippen LogP contribution is -2.53. The van der Waals surface area contributed by atoms with Gasteiger partial charge in [-0.05, 0) is 74.0 Å². The molecule has 4 aliphatic rings. The number of sulfonamides is 1. The highest BCUT2D eigenvalue weighted by Crippen LogP contribution is 2.60. The van der Waals surface area contributed by atoms with Crippen LogP contribution in [0, 0.1) is 23.2 Å². The summed E-state index contributed by atoms with van der Waals surface area (Å²) in [7, 11) is -3.42. The molecular weight excluding hydrogens is 426 g/mol. The molecule has 7 nitrogen and oxygen atoms in total. The second-order valence-electron chi connectivity index (χ2n) is 9.85. The molecule has 0 aromatic heterocycles. The van der Waals surface area contributed by atoms with E-state index in [9.17, 15) is 18.0 Å². The molecule has 1 aromatic carbocycles. The molecular formula is C24H33N3O4S. The quantitative estimate of drug-likeness (QED) is 0.468. The van der Waals surface area contributed by atoms with Crippen molar-refractivity contribution < 1.29 is 18.0 Å². The van der Waals surface area contributed by atoms with E-state index in [-0.39, 0.29) is 35.9 Å². The molecule has 5 rings (SSSR count). The summed E-state index contributed by atoms with van der Waals surface area (Å²) in [6.45, 7) is 4.01. The Morgan fingerprint density at radius 3 is 2.19 bits per heavy atom. The molecule has 4 fully saturated rings. The number of rotatable bonds is 10. The smallest absolute Gasteiger partial charge is 0.226 e. The van der Waals surface area contributed by atoms with Crippen LogP contribution in [0.25, 0.3) is 0 Å². The SMILES string of the molecule is C=CCNS(=O)(=O)Cc1ccc(NC(=O)CCNC(=O)C23CC4CC(CC(C4)C2)C3)cc1. The number of anilines is 1. The molecule has 32 heavy (non-hydrogen) atoms. The summed E-state index contributed by atoms with van der Waals surface area (Å²) in [6, 6.07) is 6.73. The molecule has 4 bridgehead atoms. The zero-order valence-electron chi connectivity index (χ0n) is 18.4. The minimum atomic E-state index is -3.42. The molecule has 4 aliphatic carbocycles. The maximum Gasteiger partial charge on any atom is 0.226 e. The average molecular weight is 460 g/mol. The van der Waals surface area contributed by atoms with E-state index in [1.165, 1.54) is 25.3 Å². The van der Waals surface area contributed by atoms with Crippen molar-refractivity contribution in [3.05, 3.63) is 42.5 Å². The van der Waals surface area contributed by atoms with Crippen molar-refractivity contribution in [3.8, 4) is 0 Å². The summed E-state index contributed by atoms with van der Waals surface area (Å²) >= 11 is 0. The van der Waals surface area contributed by atoms with E-state index in [4.69, 9.17) is 0 Å². The van der Waals surface area contributed by atoms with Crippen molar-refractivity contribution in [2.75, 3.05) is 18.4 Å². The highest BCUT2D eigenvalue weighted by Gasteiger charge is 2.54. The largest absolute Gasteiger partial charge is 0.355 e. The fraction of sp³-hybridized carbons (Fsp3) is 0.583. The van der Waals surface area contributed by atoms with Gasteiger partial charge in [-0.2, -0.15) is 0 Å². The van der Waals surface area contributed by atoms with Crippen LogP contribution in [-0.4, -0.2) is 33.3 Å². The Hall–Kier alpha value is -2.19. The van der Waals surface area contributed by atoms with Gasteiger partial charge in [0.25, 0.3) is 0 Å². The number of benzene rings is 1. The number of hydrogen-bond donors (Lipinski definition) is 3. The Balaban J connectivity index is 1.21. The van der Waals surface area contributed by atoms with Crippen LogP contribution < -0.4 is 15.4 Å². The van der Waals surface area contributed by atoms with E-state index in [1.54, 1.807) is 24.3 Å². The van der Waals surface area contributed by atoms with Crippen LogP contribution in [-0.2, 0) is 25.4 Å². The van der Waals surface area contributed by atoms with Crippen molar-refractivity contribution >= 4 is 27.5 Å². The molecule has 1 aromatic rings. The topological polar surface area (TPSA) is 104 Å². The van der Waals surface area contributed by atoms with Gasteiger partial charge in [-0.1, -0.05) is 18.2 Å². The summed E-state index contributed by atoms with van der Waals surface area (Å²) in [5.74, 6) is 1.97. The molecule has 174 valence electrons. The standard InChI is InChI=1S/C24H33N3O4S/c1-2-8-26-32(30,31)16-17-3-5-21(6-4-17)27-22(28)7-9-25-23(29)24-13-18-10-19(14-24)12-20(11-18)15-24/h2-6,18-20,26H,1,7-16H2,(H,25,29)(H,27,28). The van der Waals surface area contributed by atoms with E-state index in [2.05, 4.69) is 21.9 Å². The molecule has 2 amide bonds.